The van der Waals surface area contributed by atoms with E-state index in [-0.39, 0.29) is 11.7 Å². The Morgan fingerprint density at radius 3 is 2.62 bits per heavy atom. The number of nitrogens with one attached hydrogen (secondary N) is 1. The van der Waals surface area contributed by atoms with E-state index < -0.39 is 0 Å². The molecular weight excluding hydrogens is 328 g/mol. The van der Waals surface area contributed by atoms with E-state index in [0.29, 0.717) is 33.8 Å². The number of benzene rings is 3. The minimum Gasteiger partial charge on any atom is -0.507 e. The predicted octanol–water partition coefficient (Wildman–Crippen LogP) is 4.76. The highest BCUT2D eigenvalue weighted by molar-refractivity contribution is 6.05. The summed E-state index contributed by atoms with van der Waals surface area (Å²) in [6.45, 7) is 1.88. The van der Waals surface area contributed by atoms with Crippen molar-refractivity contribution in [2.24, 2.45) is 0 Å². The molecule has 0 saturated carbocycles. The number of anilines is 1. The maximum atomic E-state index is 12.5. The van der Waals surface area contributed by atoms with Gasteiger partial charge < -0.3 is 14.8 Å². The molecule has 2 N–H and O–H groups in total. The third-order valence-electron chi connectivity index (χ3n) is 4.17. The van der Waals surface area contributed by atoms with Crippen LogP contribution in [0, 0.1) is 6.92 Å². The van der Waals surface area contributed by atoms with Crippen LogP contribution in [-0.4, -0.2) is 16.0 Å². The molecule has 5 nitrogen and oxygen atoms in total. The molecular formula is C21H16N2O3. The molecule has 0 aliphatic carbocycles. The Morgan fingerprint density at radius 2 is 1.81 bits per heavy atom. The van der Waals surface area contributed by atoms with Crippen LogP contribution in [0.15, 0.2) is 71.1 Å². The molecule has 0 bridgehead atoms. The van der Waals surface area contributed by atoms with Crippen molar-refractivity contribution in [3.05, 3.63) is 77.9 Å². The van der Waals surface area contributed by atoms with E-state index in [9.17, 15) is 9.90 Å². The minimum atomic E-state index is -0.211. The van der Waals surface area contributed by atoms with E-state index >= 15 is 0 Å². The summed E-state index contributed by atoms with van der Waals surface area (Å²) in [5.74, 6) is 0.124. The van der Waals surface area contributed by atoms with Crippen molar-refractivity contribution < 1.29 is 14.3 Å². The van der Waals surface area contributed by atoms with Gasteiger partial charge in [-0.25, -0.2) is 4.98 Å². The quantitative estimate of drug-likeness (QED) is 0.525. The smallest absolute Gasteiger partial charge is 0.255 e. The average Bonchev–Trinajstić information content (AvgIpc) is 3.07. The zero-order chi connectivity index (χ0) is 18.1. The zero-order valence-corrected chi connectivity index (χ0v) is 14.1. The fraction of sp³-hybridized carbons (Fsp3) is 0.0476. The monoisotopic (exact) mass is 344 g/mol. The van der Waals surface area contributed by atoms with Gasteiger partial charge >= 0.3 is 0 Å². The lowest BCUT2D eigenvalue weighted by Gasteiger charge is -2.09. The summed E-state index contributed by atoms with van der Waals surface area (Å²) in [7, 11) is 0. The summed E-state index contributed by atoms with van der Waals surface area (Å²) in [6, 6.07) is 19.5. The van der Waals surface area contributed by atoms with Crippen LogP contribution < -0.4 is 5.32 Å². The second kappa shape index (κ2) is 6.37. The minimum absolute atomic E-state index is 0.0328. The highest BCUT2D eigenvalue weighted by Crippen LogP contribution is 2.33. The lowest BCUT2D eigenvalue weighted by Crippen LogP contribution is -2.13. The topological polar surface area (TPSA) is 75.4 Å². The maximum Gasteiger partial charge on any atom is 0.255 e. The molecule has 1 amide bonds. The van der Waals surface area contributed by atoms with E-state index in [1.165, 1.54) is 6.07 Å². The number of fused-ring (bicyclic) bond motifs is 1. The number of amides is 1. The molecule has 0 saturated heterocycles. The summed E-state index contributed by atoms with van der Waals surface area (Å²) >= 11 is 0. The Balaban J connectivity index is 1.68. The Morgan fingerprint density at radius 1 is 1.04 bits per heavy atom. The molecule has 128 valence electrons. The molecule has 1 heterocycles. The van der Waals surface area contributed by atoms with Crippen molar-refractivity contribution in [1.82, 2.24) is 4.98 Å². The number of aromatic hydroxyl groups is 1. The Bertz CT molecular complexity index is 1080. The van der Waals surface area contributed by atoms with Gasteiger partial charge in [0.05, 0.1) is 5.56 Å². The number of hydrogen-bond acceptors (Lipinski definition) is 4. The zero-order valence-electron chi connectivity index (χ0n) is 14.1. The molecule has 0 fully saturated rings. The van der Waals surface area contributed by atoms with Gasteiger partial charge in [0.2, 0.25) is 5.89 Å². The number of aryl methyl sites for hydroxylation is 1. The lowest BCUT2D eigenvalue weighted by atomic mass is 10.1. The highest BCUT2D eigenvalue weighted by Gasteiger charge is 2.15. The molecule has 4 rings (SSSR count). The Labute approximate surface area is 149 Å². The van der Waals surface area contributed by atoms with Gasteiger partial charge in [-0.05, 0) is 48.9 Å². The highest BCUT2D eigenvalue weighted by atomic mass is 16.3. The molecule has 3 aromatic carbocycles. The van der Waals surface area contributed by atoms with Gasteiger partial charge in [-0.1, -0.05) is 30.3 Å². The number of hydrogen-bond donors (Lipinski definition) is 2. The van der Waals surface area contributed by atoms with Crippen LogP contribution in [0.3, 0.4) is 0 Å². The molecule has 0 aliphatic heterocycles. The number of para-hydroxylation sites is 2. The second-order valence-electron chi connectivity index (χ2n) is 5.99. The van der Waals surface area contributed by atoms with Crippen LogP contribution in [0.5, 0.6) is 5.75 Å². The van der Waals surface area contributed by atoms with Crippen LogP contribution >= 0.6 is 0 Å². The number of carbonyl (C=O) groups excluding carboxylic acids is 1. The van der Waals surface area contributed by atoms with E-state index in [2.05, 4.69) is 10.3 Å². The van der Waals surface area contributed by atoms with Gasteiger partial charge in [0.1, 0.15) is 11.3 Å². The third kappa shape index (κ3) is 2.91. The first-order valence-corrected chi connectivity index (χ1v) is 8.18. The summed E-state index contributed by atoms with van der Waals surface area (Å²) < 4.78 is 5.71. The molecule has 0 unspecified atom stereocenters. The molecule has 0 spiro atoms. The van der Waals surface area contributed by atoms with Crippen molar-refractivity contribution in [1.29, 1.82) is 0 Å². The number of rotatable bonds is 3. The van der Waals surface area contributed by atoms with Gasteiger partial charge in [-0.3, -0.25) is 4.79 Å². The SMILES string of the molecule is Cc1ccccc1C(=O)Nc1ccc(O)c(-c2nc3ccccc3o2)c1. The number of nitrogens with zero attached hydrogens (tertiary/aromatic N) is 1. The van der Waals surface area contributed by atoms with Crippen molar-refractivity contribution in [2.75, 3.05) is 5.32 Å². The predicted molar refractivity (Wildman–Crippen MR) is 100 cm³/mol. The molecule has 5 heteroatoms. The largest absolute Gasteiger partial charge is 0.507 e. The first-order chi connectivity index (χ1) is 12.6. The van der Waals surface area contributed by atoms with Crippen LogP contribution in [0.25, 0.3) is 22.6 Å². The number of aromatic nitrogens is 1. The van der Waals surface area contributed by atoms with E-state index in [1.807, 2.05) is 49.4 Å². The Hall–Kier alpha value is -3.60. The normalized spacial score (nSPS) is 10.8. The number of phenolic OH excluding ortho intramolecular Hbond substituents is 1. The first-order valence-electron chi connectivity index (χ1n) is 8.18. The van der Waals surface area contributed by atoms with Crippen LogP contribution in [-0.2, 0) is 0 Å². The second-order valence-corrected chi connectivity index (χ2v) is 5.99. The van der Waals surface area contributed by atoms with Crippen molar-refractivity contribution in [3.8, 4) is 17.2 Å². The fourth-order valence-corrected chi connectivity index (χ4v) is 2.80. The van der Waals surface area contributed by atoms with Crippen LogP contribution in [0.4, 0.5) is 5.69 Å². The van der Waals surface area contributed by atoms with Gasteiger partial charge in [0, 0.05) is 11.3 Å². The van der Waals surface area contributed by atoms with Gasteiger partial charge in [0.25, 0.3) is 5.91 Å². The van der Waals surface area contributed by atoms with E-state index in [1.54, 1.807) is 18.2 Å². The van der Waals surface area contributed by atoms with Gasteiger partial charge in [-0.2, -0.15) is 0 Å². The molecule has 0 radical (unpaired) electrons. The summed E-state index contributed by atoms with van der Waals surface area (Å²) in [5, 5.41) is 13.0. The summed E-state index contributed by atoms with van der Waals surface area (Å²) in [6.07, 6.45) is 0. The summed E-state index contributed by atoms with van der Waals surface area (Å²) in [5.41, 5.74) is 3.80. The number of carbonyl (C=O) groups is 1. The molecule has 4 aromatic rings. The number of phenols is 1. The Kier molecular flexibility index (Phi) is 3.89. The average molecular weight is 344 g/mol. The molecule has 26 heavy (non-hydrogen) atoms. The van der Waals surface area contributed by atoms with Crippen LogP contribution in [0.2, 0.25) is 0 Å². The fourth-order valence-electron chi connectivity index (χ4n) is 2.80. The molecule has 0 atom stereocenters. The van der Waals surface area contributed by atoms with Crippen molar-refractivity contribution in [2.45, 2.75) is 6.92 Å². The standard InChI is InChI=1S/C21H16N2O3/c1-13-6-2-3-7-15(13)20(25)22-14-10-11-18(24)16(12-14)21-23-17-8-4-5-9-19(17)26-21/h2-12,24H,1H3,(H,22,25). The van der Waals surface area contributed by atoms with Gasteiger partial charge in [-0.15, -0.1) is 0 Å². The van der Waals surface area contributed by atoms with Crippen molar-refractivity contribution >= 4 is 22.7 Å². The number of oxazole rings is 1. The van der Waals surface area contributed by atoms with Crippen molar-refractivity contribution in [3.63, 3.8) is 0 Å². The third-order valence-corrected chi connectivity index (χ3v) is 4.17. The molecule has 1 aromatic heterocycles. The summed E-state index contributed by atoms with van der Waals surface area (Å²) in [4.78, 5) is 16.9. The first kappa shape index (κ1) is 15.9. The maximum absolute atomic E-state index is 12.5. The van der Waals surface area contributed by atoms with Gasteiger partial charge in [0.15, 0.2) is 5.58 Å². The van der Waals surface area contributed by atoms with E-state index in [0.717, 1.165) is 5.56 Å². The molecule has 0 aliphatic rings. The van der Waals surface area contributed by atoms with E-state index in [4.69, 9.17) is 4.42 Å². The lowest BCUT2D eigenvalue weighted by molar-refractivity contribution is 0.102. The van der Waals surface area contributed by atoms with Crippen LogP contribution in [0.1, 0.15) is 15.9 Å².